The number of nitrogens with zero attached hydrogens (tertiary/aromatic N) is 2. The Balaban J connectivity index is 2.20. The van der Waals surface area contributed by atoms with Gasteiger partial charge < -0.3 is 10.1 Å². The molecule has 0 fully saturated rings. The van der Waals surface area contributed by atoms with Crippen LogP contribution in [0.3, 0.4) is 0 Å². The highest BCUT2D eigenvalue weighted by Gasteiger charge is 2.14. The van der Waals surface area contributed by atoms with E-state index in [1.165, 1.54) is 7.11 Å². The van der Waals surface area contributed by atoms with Gasteiger partial charge in [-0.15, -0.1) is 6.42 Å². The van der Waals surface area contributed by atoms with E-state index in [0.29, 0.717) is 18.4 Å². The zero-order chi connectivity index (χ0) is 18.4. The van der Waals surface area contributed by atoms with E-state index in [9.17, 15) is 9.59 Å². The standard InChI is InChI=1S/C19H21N3O3/c1-5-12-20-19(24)15-6-8-16(9-7-15)22-14(3)17(13(2)21-22)10-11-18(23)25-4/h1,6-9H,10-12H2,2-4H3,(H,20,24). The van der Waals surface area contributed by atoms with Crippen molar-refractivity contribution in [2.45, 2.75) is 26.7 Å². The normalized spacial score (nSPS) is 10.2. The molecule has 1 amide bonds. The van der Waals surface area contributed by atoms with Crippen LogP contribution in [0.5, 0.6) is 0 Å². The number of nitrogens with one attached hydrogen (secondary N) is 1. The van der Waals surface area contributed by atoms with Gasteiger partial charge >= 0.3 is 5.97 Å². The van der Waals surface area contributed by atoms with Crippen LogP contribution >= 0.6 is 0 Å². The van der Waals surface area contributed by atoms with Crippen molar-refractivity contribution >= 4 is 11.9 Å². The number of rotatable bonds is 6. The first-order valence-corrected chi connectivity index (χ1v) is 7.92. The zero-order valence-corrected chi connectivity index (χ0v) is 14.6. The number of benzene rings is 1. The lowest BCUT2D eigenvalue weighted by molar-refractivity contribution is -0.140. The first-order chi connectivity index (χ1) is 12.0. The maximum atomic E-state index is 11.9. The lowest BCUT2D eigenvalue weighted by Crippen LogP contribution is -2.23. The second-order valence-corrected chi connectivity index (χ2v) is 5.57. The molecule has 0 spiro atoms. The number of aryl methyl sites for hydroxylation is 1. The van der Waals surface area contributed by atoms with Gasteiger partial charge in [-0.2, -0.15) is 5.10 Å². The summed E-state index contributed by atoms with van der Waals surface area (Å²) in [5.74, 6) is 1.91. The summed E-state index contributed by atoms with van der Waals surface area (Å²) in [4.78, 5) is 23.2. The molecule has 2 rings (SSSR count). The van der Waals surface area contributed by atoms with E-state index in [4.69, 9.17) is 11.2 Å². The number of carbonyl (C=O) groups is 2. The van der Waals surface area contributed by atoms with Crippen LogP contribution in [0.2, 0.25) is 0 Å². The van der Waals surface area contributed by atoms with Gasteiger partial charge in [-0.25, -0.2) is 4.68 Å². The predicted molar refractivity (Wildman–Crippen MR) is 94.5 cm³/mol. The van der Waals surface area contributed by atoms with Crippen molar-refractivity contribution in [2.24, 2.45) is 0 Å². The van der Waals surface area contributed by atoms with Gasteiger partial charge in [-0.1, -0.05) is 5.92 Å². The molecule has 0 saturated carbocycles. The Bertz CT molecular complexity index is 814. The van der Waals surface area contributed by atoms with Crippen LogP contribution < -0.4 is 5.32 Å². The molecular weight excluding hydrogens is 318 g/mol. The fourth-order valence-corrected chi connectivity index (χ4v) is 2.60. The fourth-order valence-electron chi connectivity index (χ4n) is 2.60. The summed E-state index contributed by atoms with van der Waals surface area (Å²) in [5.41, 5.74) is 4.24. The summed E-state index contributed by atoms with van der Waals surface area (Å²) in [7, 11) is 1.38. The number of hydrogen-bond acceptors (Lipinski definition) is 4. The second kappa shape index (κ2) is 8.15. The molecule has 6 nitrogen and oxygen atoms in total. The number of amides is 1. The Morgan fingerprint density at radius 1 is 1.28 bits per heavy atom. The number of terminal acetylenes is 1. The average Bonchev–Trinajstić information content (AvgIpc) is 2.91. The lowest BCUT2D eigenvalue weighted by atomic mass is 10.1. The monoisotopic (exact) mass is 339 g/mol. The number of methoxy groups -OCH3 is 1. The topological polar surface area (TPSA) is 73.2 Å². The van der Waals surface area contributed by atoms with E-state index in [2.05, 4.69) is 16.3 Å². The molecule has 130 valence electrons. The summed E-state index contributed by atoms with van der Waals surface area (Å²) in [5, 5.41) is 7.17. The van der Waals surface area contributed by atoms with E-state index < -0.39 is 0 Å². The third-order valence-corrected chi connectivity index (χ3v) is 3.97. The Labute approximate surface area is 147 Å². The molecule has 0 aliphatic heterocycles. The molecule has 0 atom stereocenters. The van der Waals surface area contributed by atoms with Crippen molar-refractivity contribution in [3.63, 3.8) is 0 Å². The summed E-state index contributed by atoms with van der Waals surface area (Å²) in [6.45, 7) is 4.07. The summed E-state index contributed by atoms with van der Waals surface area (Å²) in [6.07, 6.45) is 6.03. The van der Waals surface area contributed by atoms with E-state index in [1.54, 1.807) is 12.1 Å². The van der Waals surface area contributed by atoms with E-state index in [-0.39, 0.29) is 18.4 Å². The van der Waals surface area contributed by atoms with E-state index in [1.807, 2.05) is 30.7 Å². The SMILES string of the molecule is C#CCNC(=O)c1ccc(-n2nc(C)c(CCC(=O)OC)c2C)cc1. The number of aromatic nitrogens is 2. The molecule has 1 heterocycles. The van der Waals surface area contributed by atoms with Crippen molar-refractivity contribution in [1.29, 1.82) is 0 Å². The summed E-state index contributed by atoms with van der Waals surface area (Å²) < 4.78 is 6.50. The molecular formula is C19H21N3O3. The van der Waals surface area contributed by atoms with Gasteiger partial charge in [0, 0.05) is 17.7 Å². The minimum atomic E-state index is -0.242. The van der Waals surface area contributed by atoms with Crippen molar-refractivity contribution < 1.29 is 14.3 Å². The van der Waals surface area contributed by atoms with Gasteiger partial charge in [0.05, 0.1) is 25.0 Å². The van der Waals surface area contributed by atoms with Crippen molar-refractivity contribution in [2.75, 3.05) is 13.7 Å². The lowest BCUT2D eigenvalue weighted by Gasteiger charge is -2.07. The maximum Gasteiger partial charge on any atom is 0.305 e. The number of esters is 1. The largest absolute Gasteiger partial charge is 0.469 e. The van der Waals surface area contributed by atoms with Gasteiger partial charge in [0.2, 0.25) is 0 Å². The fraction of sp³-hybridized carbons (Fsp3) is 0.316. The van der Waals surface area contributed by atoms with Gasteiger partial charge in [0.15, 0.2) is 0 Å². The molecule has 25 heavy (non-hydrogen) atoms. The highest BCUT2D eigenvalue weighted by Crippen LogP contribution is 2.20. The van der Waals surface area contributed by atoms with Crippen LogP contribution in [-0.4, -0.2) is 35.3 Å². The number of carbonyl (C=O) groups excluding carboxylic acids is 2. The Hall–Kier alpha value is -3.07. The molecule has 0 radical (unpaired) electrons. The Kier molecular flexibility index (Phi) is 5.96. The predicted octanol–water partition coefficient (Wildman–Crippen LogP) is 1.96. The first-order valence-electron chi connectivity index (χ1n) is 7.92. The molecule has 2 aromatic rings. The third-order valence-electron chi connectivity index (χ3n) is 3.97. The smallest absolute Gasteiger partial charge is 0.305 e. The van der Waals surface area contributed by atoms with E-state index >= 15 is 0 Å². The van der Waals surface area contributed by atoms with Gasteiger partial charge in [0.1, 0.15) is 0 Å². The van der Waals surface area contributed by atoms with Crippen LogP contribution in [0.15, 0.2) is 24.3 Å². The van der Waals surface area contributed by atoms with Crippen molar-refractivity contribution in [3.05, 3.63) is 46.8 Å². The quantitative estimate of drug-likeness (QED) is 0.645. The van der Waals surface area contributed by atoms with Crippen LogP contribution in [0.25, 0.3) is 5.69 Å². The second-order valence-electron chi connectivity index (χ2n) is 5.57. The van der Waals surface area contributed by atoms with Crippen LogP contribution in [0.4, 0.5) is 0 Å². The molecule has 0 aliphatic rings. The van der Waals surface area contributed by atoms with Crippen molar-refractivity contribution in [1.82, 2.24) is 15.1 Å². The average molecular weight is 339 g/mol. The van der Waals surface area contributed by atoms with Crippen LogP contribution in [0.1, 0.15) is 33.7 Å². The summed E-state index contributed by atoms with van der Waals surface area (Å²) >= 11 is 0. The molecule has 1 aromatic heterocycles. The zero-order valence-electron chi connectivity index (χ0n) is 14.6. The highest BCUT2D eigenvalue weighted by atomic mass is 16.5. The molecule has 0 unspecified atom stereocenters. The molecule has 6 heteroatoms. The van der Waals surface area contributed by atoms with Gasteiger partial charge in [-0.3, -0.25) is 9.59 Å². The Morgan fingerprint density at radius 2 is 1.96 bits per heavy atom. The van der Waals surface area contributed by atoms with Crippen LogP contribution in [-0.2, 0) is 16.0 Å². The summed E-state index contributed by atoms with van der Waals surface area (Å²) in [6, 6.07) is 7.11. The molecule has 0 saturated heterocycles. The first kappa shape index (κ1) is 18.3. The van der Waals surface area contributed by atoms with Gasteiger partial charge in [0.25, 0.3) is 5.91 Å². The molecule has 0 bridgehead atoms. The minimum absolute atomic E-state index is 0.196. The highest BCUT2D eigenvalue weighted by molar-refractivity contribution is 5.94. The van der Waals surface area contributed by atoms with E-state index in [0.717, 1.165) is 22.6 Å². The number of hydrogen-bond donors (Lipinski definition) is 1. The third kappa shape index (κ3) is 4.27. The minimum Gasteiger partial charge on any atom is -0.469 e. The molecule has 1 aromatic carbocycles. The van der Waals surface area contributed by atoms with Crippen molar-refractivity contribution in [3.8, 4) is 18.0 Å². The molecule has 1 N–H and O–H groups in total. The maximum absolute atomic E-state index is 11.9. The van der Waals surface area contributed by atoms with Crippen LogP contribution in [0, 0.1) is 26.2 Å². The van der Waals surface area contributed by atoms with Gasteiger partial charge in [-0.05, 0) is 50.1 Å². The number of ether oxygens (including phenoxy) is 1. The molecule has 0 aliphatic carbocycles. The Morgan fingerprint density at radius 3 is 2.56 bits per heavy atom.